The van der Waals surface area contributed by atoms with Gasteiger partial charge in [-0.2, -0.15) is 0 Å². The minimum absolute atomic E-state index is 0.251. The lowest BCUT2D eigenvalue weighted by Crippen LogP contribution is -2.44. The van der Waals surface area contributed by atoms with Crippen molar-refractivity contribution in [2.75, 3.05) is 19.6 Å². The lowest BCUT2D eigenvalue weighted by Gasteiger charge is -2.36. The average molecular weight is 380 g/mol. The summed E-state index contributed by atoms with van der Waals surface area (Å²) in [5.41, 5.74) is 2.68. The zero-order valence-electron chi connectivity index (χ0n) is 17.0. The van der Waals surface area contributed by atoms with Crippen LogP contribution >= 0.6 is 0 Å². The number of carbonyl (C=O) groups excluding carboxylic acids is 1. The molecule has 150 valence electrons. The summed E-state index contributed by atoms with van der Waals surface area (Å²) in [5.74, 6) is 1.23. The zero-order valence-corrected chi connectivity index (χ0v) is 17.0. The summed E-state index contributed by atoms with van der Waals surface area (Å²) in [6.45, 7) is 5.72. The Kier molecular flexibility index (Phi) is 6.16. The first-order valence-electron chi connectivity index (χ1n) is 10.9. The van der Waals surface area contributed by atoms with Gasteiger partial charge in [0.25, 0.3) is 0 Å². The van der Waals surface area contributed by atoms with Crippen LogP contribution in [-0.2, 0) is 11.3 Å². The van der Waals surface area contributed by atoms with Gasteiger partial charge in [-0.3, -0.25) is 9.69 Å². The number of nitrogens with one attached hydrogen (secondary N) is 1. The summed E-state index contributed by atoms with van der Waals surface area (Å²) in [4.78, 5) is 20.6. The molecule has 1 saturated carbocycles. The largest absolute Gasteiger partial charge is 0.364 e. The maximum Gasteiger partial charge on any atom is 0.219 e. The van der Waals surface area contributed by atoms with E-state index < -0.39 is 0 Å². The average Bonchev–Trinajstić information content (AvgIpc) is 3.37. The van der Waals surface area contributed by atoms with Gasteiger partial charge in [0.1, 0.15) is 0 Å². The summed E-state index contributed by atoms with van der Waals surface area (Å²) < 4.78 is 0. The van der Waals surface area contributed by atoms with E-state index in [9.17, 15) is 4.79 Å². The van der Waals surface area contributed by atoms with Crippen LogP contribution in [-0.4, -0.2) is 46.4 Å². The number of hydrogen-bond donors (Lipinski definition) is 1. The Morgan fingerprint density at radius 3 is 2.54 bits per heavy atom. The molecule has 1 N–H and O–H groups in total. The Labute approximate surface area is 168 Å². The maximum atomic E-state index is 12.5. The van der Waals surface area contributed by atoms with Crippen LogP contribution in [0.1, 0.15) is 56.2 Å². The van der Waals surface area contributed by atoms with Crippen LogP contribution in [0.25, 0.3) is 0 Å². The Balaban J connectivity index is 1.51. The molecule has 2 fully saturated rings. The van der Waals surface area contributed by atoms with Crippen LogP contribution in [0.3, 0.4) is 0 Å². The van der Waals surface area contributed by atoms with E-state index in [4.69, 9.17) is 0 Å². The van der Waals surface area contributed by atoms with Gasteiger partial charge in [0.05, 0.1) is 0 Å². The van der Waals surface area contributed by atoms with E-state index in [2.05, 4.69) is 57.2 Å². The number of aromatic amines is 1. The van der Waals surface area contributed by atoms with Crippen molar-refractivity contribution in [3.05, 3.63) is 59.9 Å². The molecule has 2 aliphatic rings. The Morgan fingerprint density at radius 2 is 1.86 bits per heavy atom. The first-order chi connectivity index (χ1) is 13.7. The van der Waals surface area contributed by atoms with Crippen molar-refractivity contribution in [1.29, 1.82) is 0 Å². The lowest BCUT2D eigenvalue weighted by molar-refractivity contribution is -0.132. The number of rotatable bonds is 6. The molecule has 2 unspecified atom stereocenters. The van der Waals surface area contributed by atoms with Crippen LogP contribution in [0.15, 0.2) is 48.7 Å². The van der Waals surface area contributed by atoms with Gasteiger partial charge in [0.15, 0.2) is 0 Å². The lowest BCUT2D eigenvalue weighted by atomic mass is 9.87. The minimum Gasteiger partial charge on any atom is -0.364 e. The second-order valence-corrected chi connectivity index (χ2v) is 8.63. The highest BCUT2D eigenvalue weighted by Gasteiger charge is 2.37. The molecular formula is C24H33N3O. The van der Waals surface area contributed by atoms with Crippen LogP contribution in [0.4, 0.5) is 0 Å². The van der Waals surface area contributed by atoms with E-state index in [1.54, 1.807) is 6.92 Å². The summed E-state index contributed by atoms with van der Waals surface area (Å²) in [6.07, 6.45) is 8.20. The molecule has 28 heavy (non-hydrogen) atoms. The molecule has 1 aromatic heterocycles. The number of carbonyl (C=O) groups is 1. The molecule has 0 bridgehead atoms. The second-order valence-electron chi connectivity index (χ2n) is 8.63. The standard InChI is InChI=1S/C24H33N3O/c1-19(28)27(23-12-6-3-7-13-23)16-21-15-26(17-22-11-8-14-25-22)18-24(21)20-9-4-2-5-10-20/h2,4-5,8-11,14,21,23-25H,3,6-7,12-13,15-18H2,1H3. The van der Waals surface area contributed by atoms with E-state index in [0.717, 1.165) is 26.2 Å². The number of benzene rings is 1. The van der Waals surface area contributed by atoms with Crippen molar-refractivity contribution in [2.45, 2.75) is 57.5 Å². The summed E-state index contributed by atoms with van der Waals surface area (Å²) >= 11 is 0. The quantitative estimate of drug-likeness (QED) is 0.807. The molecule has 1 saturated heterocycles. The number of likely N-dealkylation sites (tertiary alicyclic amines) is 1. The van der Waals surface area contributed by atoms with Crippen LogP contribution in [0.2, 0.25) is 0 Å². The van der Waals surface area contributed by atoms with Gasteiger partial charge < -0.3 is 9.88 Å². The van der Waals surface area contributed by atoms with E-state index in [1.165, 1.54) is 43.4 Å². The fourth-order valence-electron chi connectivity index (χ4n) is 5.24. The molecule has 2 atom stereocenters. The highest BCUT2D eigenvalue weighted by atomic mass is 16.2. The summed E-state index contributed by atoms with van der Waals surface area (Å²) in [7, 11) is 0. The number of H-pyrrole nitrogens is 1. The third-order valence-electron chi connectivity index (χ3n) is 6.65. The predicted octanol–water partition coefficient (Wildman–Crippen LogP) is 4.41. The number of nitrogens with zero attached hydrogens (tertiary/aromatic N) is 2. The molecule has 1 aliphatic heterocycles. The molecular weight excluding hydrogens is 346 g/mol. The SMILES string of the molecule is CC(=O)N(CC1CN(Cc2ccc[nH]2)CC1c1ccccc1)C1CCCCC1. The van der Waals surface area contributed by atoms with Gasteiger partial charge in [-0.15, -0.1) is 0 Å². The normalized spacial score (nSPS) is 23.8. The molecule has 4 nitrogen and oxygen atoms in total. The van der Waals surface area contributed by atoms with Crippen LogP contribution in [0, 0.1) is 5.92 Å². The van der Waals surface area contributed by atoms with Gasteiger partial charge >= 0.3 is 0 Å². The van der Waals surface area contributed by atoms with Gasteiger partial charge in [0.2, 0.25) is 5.91 Å². The molecule has 4 rings (SSSR count). The zero-order chi connectivity index (χ0) is 19.3. The monoisotopic (exact) mass is 379 g/mol. The van der Waals surface area contributed by atoms with E-state index in [-0.39, 0.29) is 5.91 Å². The molecule has 2 heterocycles. The molecule has 1 aliphatic carbocycles. The Hall–Kier alpha value is -2.07. The van der Waals surface area contributed by atoms with Crippen molar-refractivity contribution in [3.63, 3.8) is 0 Å². The van der Waals surface area contributed by atoms with Gasteiger partial charge in [-0.1, -0.05) is 49.6 Å². The van der Waals surface area contributed by atoms with Crippen molar-refractivity contribution >= 4 is 5.91 Å². The Morgan fingerprint density at radius 1 is 1.07 bits per heavy atom. The van der Waals surface area contributed by atoms with Crippen LogP contribution in [0.5, 0.6) is 0 Å². The topological polar surface area (TPSA) is 39.3 Å². The third-order valence-corrected chi connectivity index (χ3v) is 6.65. The number of amides is 1. The predicted molar refractivity (Wildman–Crippen MR) is 113 cm³/mol. The van der Waals surface area contributed by atoms with Crippen molar-refractivity contribution in [3.8, 4) is 0 Å². The van der Waals surface area contributed by atoms with E-state index >= 15 is 0 Å². The minimum atomic E-state index is 0.251. The van der Waals surface area contributed by atoms with E-state index in [1.807, 2.05) is 6.20 Å². The first-order valence-corrected chi connectivity index (χ1v) is 10.9. The number of hydrogen-bond acceptors (Lipinski definition) is 2. The summed E-state index contributed by atoms with van der Waals surface area (Å²) in [6, 6.07) is 15.6. The van der Waals surface area contributed by atoms with Crippen molar-refractivity contribution in [1.82, 2.24) is 14.8 Å². The molecule has 0 radical (unpaired) electrons. The highest BCUT2D eigenvalue weighted by molar-refractivity contribution is 5.73. The molecule has 4 heteroatoms. The smallest absolute Gasteiger partial charge is 0.219 e. The molecule has 1 aromatic carbocycles. The molecule has 1 amide bonds. The Bertz CT molecular complexity index is 736. The molecule has 0 spiro atoms. The first kappa shape index (κ1) is 19.3. The van der Waals surface area contributed by atoms with Gasteiger partial charge in [0, 0.05) is 57.0 Å². The second kappa shape index (κ2) is 8.95. The van der Waals surface area contributed by atoms with Crippen LogP contribution < -0.4 is 0 Å². The van der Waals surface area contributed by atoms with Crippen molar-refractivity contribution < 1.29 is 4.79 Å². The van der Waals surface area contributed by atoms with Crippen molar-refractivity contribution in [2.24, 2.45) is 5.92 Å². The fraction of sp³-hybridized carbons (Fsp3) is 0.542. The summed E-state index contributed by atoms with van der Waals surface area (Å²) in [5, 5.41) is 0. The van der Waals surface area contributed by atoms with Gasteiger partial charge in [-0.25, -0.2) is 0 Å². The fourth-order valence-corrected chi connectivity index (χ4v) is 5.24. The molecule has 2 aromatic rings. The maximum absolute atomic E-state index is 12.5. The van der Waals surface area contributed by atoms with Gasteiger partial charge in [-0.05, 0) is 36.5 Å². The highest BCUT2D eigenvalue weighted by Crippen LogP contribution is 2.35. The van der Waals surface area contributed by atoms with E-state index in [0.29, 0.717) is 17.9 Å². The third kappa shape index (κ3) is 4.49. The number of aromatic nitrogens is 1.